The molecule has 0 radical (unpaired) electrons. The molecule has 168 valence electrons. The largest absolute Gasteiger partial charge is 0.467 e. The predicted octanol–water partition coefficient (Wildman–Crippen LogP) is 4.30. The first-order valence-electron chi connectivity index (χ1n) is 10.7. The molecule has 0 spiro atoms. The van der Waals surface area contributed by atoms with Crippen LogP contribution < -0.4 is 16.3 Å². The molecule has 0 saturated carbocycles. The van der Waals surface area contributed by atoms with Gasteiger partial charge in [0.05, 0.1) is 18.0 Å². The average Bonchev–Trinajstić information content (AvgIpc) is 2.84. The van der Waals surface area contributed by atoms with Gasteiger partial charge in [0.15, 0.2) is 0 Å². The lowest BCUT2D eigenvalue weighted by molar-refractivity contribution is -0.141. The first-order chi connectivity index (χ1) is 16.0. The number of esters is 1. The molecule has 2 N–H and O–H groups in total. The molecule has 7 heteroatoms. The van der Waals surface area contributed by atoms with Crippen molar-refractivity contribution in [2.45, 2.75) is 25.9 Å². The number of hydrogen-bond donors (Lipinski definition) is 2. The molecule has 1 aromatic heterocycles. The topological polar surface area (TPSA) is 93.5 Å². The zero-order valence-electron chi connectivity index (χ0n) is 18.5. The summed E-state index contributed by atoms with van der Waals surface area (Å²) < 4.78 is 10.4. The molecular weight excluding hydrogens is 418 g/mol. The highest BCUT2D eigenvalue weighted by atomic mass is 16.5. The molecule has 0 aliphatic heterocycles. The number of aryl methyl sites for hydroxylation is 1. The van der Waals surface area contributed by atoms with Crippen LogP contribution >= 0.6 is 0 Å². The predicted molar refractivity (Wildman–Crippen MR) is 128 cm³/mol. The van der Waals surface area contributed by atoms with Crippen LogP contribution in [0.25, 0.3) is 10.9 Å². The third-order valence-electron chi connectivity index (χ3n) is 5.45. The Morgan fingerprint density at radius 2 is 1.67 bits per heavy atom. The lowest BCUT2D eigenvalue weighted by Crippen LogP contribution is -2.33. The highest BCUT2D eigenvalue weighted by Crippen LogP contribution is 2.24. The van der Waals surface area contributed by atoms with E-state index in [4.69, 9.17) is 9.15 Å². The number of nitrogens with zero attached hydrogens (tertiary/aromatic N) is 1. The molecule has 4 rings (SSSR count). The van der Waals surface area contributed by atoms with E-state index in [1.165, 1.54) is 7.11 Å². The number of hydrogen-bond acceptors (Lipinski definition) is 7. The van der Waals surface area contributed by atoms with Crippen LogP contribution in [0.3, 0.4) is 0 Å². The molecule has 4 aromatic rings. The zero-order chi connectivity index (χ0) is 23.2. The third kappa shape index (κ3) is 5.20. The third-order valence-corrected chi connectivity index (χ3v) is 5.45. The van der Waals surface area contributed by atoms with E-state index in [9.17, 15) is 9.59 Å². The lowest BCUT2D eigenvalue weighted by atomic mass is 10.1. The second-order valence-electron chi connectivity index (χ2n) is 7.69. The van der Waals surface area contributed by atoms with Crippen molar-refractivity contribution in [2.24, 2.45) is 0 Å². The second-order valence-corrected chi connectivity index (χ2v) is 7.69. The van der Waals surface area contributed by atoms with Gasteiger partial charge in [0.25, 0.3) is 6.01 Å². The van der Waals surface area contributed by atoms with Gasteiger partial charge in [-0.3, -0.25) is 0 Å². The molecule has 7 nitrogen and oxygen atoms in total. The summed E-state index contributed by atoms with van der Waals surface area (Å²) in [7, 11) is 1.32. The van der Waals surface area contributed by atoms with Crippen LogP contribution in [-0.2, 0) is 22.5 Å². The standard InChI is InChI=1S/C26H25N3O4/c1-17-20(27-16-19-11-7-4-8-12-19)13-14-21-23(17)25(31)33-26(28-21)29-22(24(30)32-2)15-18-9-5-3-6-10-18/h3-14,22,27H,15-16H2,1-2H3,(H,28,29)/t22-/m0/s1. The van der Waals surface area contributed by atoms with E-state index in [0.717, 1.165) is 22.4 Å². The smallest absolute Gasteiger partial charge is 0.348 e. The maximum absolute atomic E-state index is 12.8. The van der Waals surface area contributed by atoms with Crippen LogP contribution in [0.1, 0.15) is 16.7 Å². The summed E-state index contributed by atoms with van der Waals surface area (Å²) in [5, 5.41) is 6.68. The minimum atomic E-state index is -0.751. The number of rotatable bonds is 8. The van der Waals surface area contributed by atoms with E-state index < -0.39 is 17.6 Å². The van der Waals surface area contributed by atoms with E-state index in [1.54, 1.807) is 6.07 Å². The number of nitrogens with one attached hydrogen (secondary N) is 2. The van der Waals surface area contributed by atoms with E-state index in [1.807, 2.05) is 73.7 Å². The van der Waals surface area contributed by atoms with Gasteiger partial charge < -0.3 is 19.8 Å². The first kappa shape index (κ1) is 22.1. The van der Waals surface area contributed by atoms with Crippen LogP contribution in [0, 0.1) is 6.92 Å². The van der Waals surface area contributed by atoms with Crippen molar-refractivity contribution in [3.63, 3.8) is 0 Å². The van der Waals surface area contributed by atoms with Gasteiger partial charge in [0.2, 0.25) is 0 Å². The van der Waals surface area contributed by atoms with Crippen LogP contribution in [0.4, 0.5) is 11.7 Å². The molecular formula is C26H25N3O4. The van der Waals surface area contributed by atoms with Gasteiger partial charge in [-0.1, -0.05) is 60.7 Å². The van der Waals surface area contributed by atoms with Gasteiger partial charge >= 0.3 is 11.6 Å². The summed E-state index contributed by atoms with van der Waals surface area (Å²) in [6.45, 7) is 2.49. The number of ether oxygens (including phenoxy) is 1. The molecule has 0 bridgehead atoms. The van der Waals surface area contributed by atoms with Crippen molar-refractivity contribution in [3.8, 4) is 0 Å². The van der Waals surface area contributed by atoms with Gasteiger partial charge in [-0.25, -0.2) is 9.59 Å². The molecule has 3 aromatic carbocycles. The zero-order valence-corrected chi connectivity index (χ0v) is 18.5. The summed E-state index contributed by atoms with van der Waals surface area (Å²) in [5.41, 5.74) is 3.62. The van der Waals surface area contributed by atoms with Crippen molar-refractivity contribution in [2.75, 3.05) is 17.7 Å². The highest BCUT2D eigenvalue weighted by molar-refractivity contribution is 5.87. The Balaban J connectivity index is 1.59. The SMILES string of the molecule is COC(=O)[C@H](Cc1ccccc1)Nc1nc2ccc(NCc3ccccc3)c(C)c2c(=O)o1. The summed E-state index contributed by atoms with van der Waals surface area (Å²) in [4.78, 5) is 29.6. The minimum absolute atomic E-state index is 0.0248. The normalized spacial score (nSPS) is 11.7. The number of methoxy groups -OCH3 is 1. The van der Waals surface area contributed by atoms with Gasteiger partial charge in [-0.2, -0.15) is 4.98 Å². The van der Waals surface area contributed by atoms with Crippen molar-refractivity contribution < 1.29 is 13.9 Å². The molecule has 0 aliphatic carbocycles. The van der Waals surface area contributed by atoms with E-state index in [2.05, 4.69) is 15.6 Å². The van der Waals surface area contributed by atoms with Crippen LogP contribution in [0.15, 0.2) is 82.0 Å². The van der Waals surface area contributed by atoms with Gasteiger partial charge in [-0.15, -0.1) is 0 Å². The van der Waals surface area contributed by atoms with Crippen molar-refractivity contribution >= 4 is 28.6 Å². The lowest BCUT2D eigenvalue weighted by Gasteiger charge is -2.16. The van der Waals surface area contributed by atoms with Gasteiger partial charge in [0.1, 0.15) is 6.04 Å². The summed E-state index contributed by atoms with van der Waals surface area (Å²) in [6.07, 6.45) is 0.359. The van der Waals surface area contributed by atoms with E-state index in [-0.39, 0.29) is 6.01 Å². The van der Waals surface area contributed by atoms with E-state index in [0.29, 0.717) is 23.9 Å². The molecule has 0 saturated heterocycles. The average molecular weight is 444 g/mol. The maximum Gasteiger partial charge on any atom is 0.348 e. The highest BCUT2D eigenvalue weighted by Gasteiger charge is 2.22. The molecule has 0 unspecified atom stereocenters. The Kier molecular flexibility index (Phi) is 6.69. The van der Waals surface area contributed by atoms with Gasteiger partial charge in [-0.05, 0) is 35.7 Å². The van der Waals surface area contributed by atoms with Crippen LogP contribution in [-0.4, -0.2) is 24.1 Å². The quantitative estimate of drug-likeness (QED) is 0.392. The van der Waals surface area contributed by atoms with Crippen molar-refractivity contribution in [1.82, 2.24) is 4.98 Å². The number of fused-ring (bicyclic) bond motifs is 1. The van der Waals surface area contributed by atoms with Crippen molar-refractivity contribution in [1.29, 1.82) is 0 Å². The minimum Gasteiger partial charge on any atom is -0.467 e. The van der Waals surface area contributed by atoms with Crippen LogP contribution in [0.2, 0.25) is 0 Å². The maximum atomic E-state index is 12.8. The Hall–Kier alpha value is -4.13. The molecule has 0 amide bonds. The Labute approximate surface area is 191 Å². The Bertz CT molecular complexity index is 1300. The fourth-order valence-electron chi connectivity index (χ4n) is 3.70. The molecule has 33 heavy (non-hydrogen) atoms. The van der Waals surface area contributed by atoms with Crippen molar-refractivity contribution in [3.05, 3.63) is 99.9 Å². The second kappa shape index (κ2) is 9.99. The summed E-state index contributed by atoms with van der Waals surface area (Å²) in [5.74, 6) is -0.472. The fourth-order valence-corrected chi connectivity index (χ4v) is 3.70. The molecule has 0 aliphatic rings. The number of benzene rings is 3. The number of carbonyl (C=O) groups excluding carboxylic acids is 1. The molecule has 1 heterocycles. The monoisotopic (exact) mass is 443 g/mol. The molecule has 1 atom stereocenters. The number of aromatic nitrogens is 1. The fraction of sp³-hybridized carbons (Fsp3) is 0.192. The number of anilines is 2. The summed E-state index contributed by atoms with van der Waals surface area (Å²) in [6, 6.07) is 22.4. The van der Waals surface area contributed by atoms with Crippen LogP contribution in [0.5, 0.6) is 0 Å². The van der Waals surface area contributed by atoms with Gasteiger partial charge in [0, 0.05) is 18.7 Å². The number of carbonyl (C=O) groups is 1. The van der Waals surface area contributed by atoms with E-state index >= 15 is 0 Å². The first-order valence-corrected chi connectivity index (χ1v) is 10.7. The Morgan fingerprint density at radius 3 is 2.33 bits per heavy atom. The molecule has 0 fully saturated rings. The Morgan fingerprint density at radius 1 is 1.00 bits per heavy atom. The summed E-state index contributed by atoms with van der Waals surface area (Å²) >= 11 is 0.